The van der Waals surface area contributed by atoms with Crippen LogP contribution in [0.15, 0.2) is 28.9 Å². The van der Waals surface area contributed by atoms with Gasteiger partial charge in [-0.1, -0.05) is 11.6 Å². The number of anilines is 2. The van der Waals surface area contributed by atoms with E-state index in [0.29, 0.717) is 19.0 Å². The number of urea groups is 1. The molecule has 4 rings (SSSR count). The first-order valence-electron chi connectivity index (χ1n) is 9.28. The fraction of sp³-hybridized carbons (Fsp3) is 0.316. The third-order valence-electron chi connectivity index (χ3n) is 4.92. The molecule has 0 aliphatic carbocycles. The molecule has 1 atom stereocenters. The summed E-state index contributed by atoms with van der Waals surface area (Å²) in [4.78, 5) is 21.9. The molecule has 13 heteroatoms. The maximum absolute atomic E-state index is 15.4. The summed E-state index contributed by atoms with van der Waals surface area (Å²) in [5, 5.41) is 12.8. The molecule has 3 heterocycles. The second kappa shape index (κ2) is 8.10. The van der Waals surface area contributed by atoms with Gasteiger partial charge in [0.1, 0.15) is 5.82 Å². The quantitative estimate of drug-likeness (QED) is 0.385. The maximum atomic E-state index is 15.4. The SMILES string of the molecule is Cc1c(C(F)(NC(=O)Nc2cnc(N3CC(O)C3)nc2)C(F)F)oc2c(Cl)cc(F)cc12. The Morgan fingerprint density at radius 1 is 1.34 bits per heavy atom. The Kier molecular flexibility index (Phi) is 5.59. The number of carbonyl (C=O) groups is 1. The van der Waals surface area contributed by atoms with E-state index in [1.165, 1.54) is 19.3 Å². The number of carbonyl (C=O) groups excluding carboxylic acids is 1. The van der Waals surface area contributed by atoms with Gasteiger partial charge < -0.3 is 19.7 Å². The third-order valence-corrected chi connectivity index (χ3v) is 5.21. The van der Waals surface area contributed by atoms with Crippen LogP contribution in [-0.2, 0) is 5.79 Å². The first-order valence-corrected chi connectivity index (χ1v) is 9.66. The van der Waals surface area contributed by atoms with Crippen LogP contribution in [0.2, 0.25) is 5.02 Å². The molecule has 1 saturated heterocycles. The summed E-state index contributed by atoms with van der Waals surface area (Å²) >= 11 is 5.87. The van der Waals surface area contributed by atoms with Crippen LogP contribution in [0.5, 0.6) is 0 Å². The number of fused-ring (bicyclic) bond motifs is 1. The van der Waals surface area contributed by atoms with E-state index in [4.69, 9.17) is 16.0 Å². The van der Waals surface area contributed by atoms with Crippen molar-refractivity contribution in [1.29, 1.82) is 0 Å². The largest absolute Gasteiger partial charge is 0.453 e. The number of aryl methyl sites for hydroxylation is 1. The molecule has 0 bridgehead atoms. The summed E-state index contributed by atoms with van der Waals surface area (Å²) < 4.78 is 61.7. The average molecular weight is 474 g/mol. The number of benzene rings is 1. The van der Waals surface area contributed by atoms with Crippen LogP contribution in [0.3, 0.4) is 0 Å². The summed E-state index contributed by atoms with van der Waals surface area (Å²) in [5.74, 6) is -5.10. The summed E-state index contributed by atoms with van der Waals surface area (Å²) in [5.41, 5.74) is -0.324. The second-order valence-electron chi connectivity index (χ2n) is 7.24. The van der Waals surface area contributed by atoms with E-state index >= 15 is 4.39 Å². The average Bonchev–Trinajstić information content (AvgIpc) is 3.03. The van der Waals surface area contributed by atoms with E-state index in [0.717, 1.165) is 12.1 Å². The molecule has 170 valence electrons. The highest BCUT2D eigenvalue weighted by atomic mass is 35.5. The molecule has 3 N–H and O–H groups in total. The molecule has 3 aromatic rings. The van der Waals surface area contributed by atoms with E-state index in [1.807, 2.05) is 0 Å². The predicted molar refractivity (Wildman–Crippen MR) is 107 cm³/mol. The molecule has 1 aromatic carbocycles. The Labute approximate surface area is 183 Å². The Bertz CT molecular complexity index is 1170. The molecule has 0 radical (unpaired) electrons. The number of hydrogen-bond acceptors (Lipinski definition) is 6. The number of furan rings is 1. The number of nitrogens with zero attached hydrogens (tertiary/aromatic N) is 3. The highest BCUT2D eigenvalue weighted by molar-refractivity contribution is 6.34. The zero-order chi connectivity index (χ0) is 23.2. The number of β-amino-alcohol motifs (C(OH)–C–C–N with tert-alkyl or cyclic N) is 1. The maximum Gasteiger partial charge on any atom is 0.322 e. The molecule has 1 fully saturated rings. The van der Waals surface area contributed by atoms with E-state index in [-0.39, 0.29) is 27.2 Å². The number of alkyl halides is 3. The molecule has 1 unspecified atom stereocenters. The van der Waals surface area contributed by atoms with Gasteiger partial charge in [-0.2, -0.15) is 0 Å². The number of aliphatic hydroxyl groups excluding tert-OH is 1. The van der Waals surface area contributed by atoms with Gasteiger partial charge in [-0.15, -0.1) is 0 Å². The molecule has 8 nitrogen and oxygen atoms in total. The predicted octanol–water partition coefficient (Wildman–Crippen LogP) is 3.71. The van der Waals surface area contributed by atoms with Gasteiger partial charge in [0.15, 0.2) is 11.3 Å². The molecule has 32 heavy (non-hydrogen) atoms. The van der Waals surface area contributed by atoms with Crippen molar-refractivity contribution in [1.82, 2.24) is 15.3 Å². The molecular weight excluding hydrogens is 458 g/mol. The number of aromatic nitrogens is 2. The van der Waals surface area contributed by atoms with Gasteiger partial charge >= 0.3 is 11.8 Å². The summed E-state index contributed by atoms with van der Waals surface area (Å²) in [6.45, 7) is 1.96. The zero-order valence-corrected chi connectivity index (χ0v) is 17.1. The fourth-order valence-electron chi connectivity index (χ4n) is 3.30. The Hall–Kier alpha value is -3.12. The van der Waals surface area contributed by atoms with Crippen LogP contribution in [0.25, 0.3) is 11.0 Å². The first-order chi connectivity index (χ1) is 15.1. The fourth-order valence-corrected chi connectivity index (χ4v) is 3.54. The number of amides is 2. The van der Waals surface area contributed by atoms with Gasteiger partial charge in [0, 0.05) is 24.0 Å². The zero-order valence-electron chi connectivity index (χ0n) is 16.4. The van der Waals surface area contributed by atoms with Gasteiger partial charge in [-0.05, 0) is 19.1 Å². The highest BCUT2D eigenvalue weighted by Crippen LogP contribution is 2.40. The molecular formula is C19H16ClF4N5O3. The minimum absolute atomic E-state index is 0.00464. The standard InChI is InChI=1S/C19H16ClF4N5O3/c1-8-12-2-9(21)3-13(20)14(12)32-15(8)19(24,16(22)23)28-18(31)27-10-4-25-17(26-5-10)29-6-11(30)7-29/h2-5,11,16,30H,6-7H2,1H3,(H2,27,28,31). The monoisotopic (exact) mass is 473 g/mol. The van der Waals surface area contributed by atoms with Crippen molar-refractivity contribution in [3.63, 3.8) is 0 Å². The van der Waals surface area contributed by atoms with Gasteiger partial charge in [-0.25, -0.2) is 32.3 Å². The third kappa shape index (κ3) is 3.91. The van der Waals surface area contributed by atoms with E-state index in [1.54, 1.807) is 10.2 Å². The van der Waals surface area contributed by atoms with Crippen molar-refractivity contribution < 1.29 is 31.9 Å². The van der Waals surface area contributed by atoms with Crippen LogP contribution in [0.1, 0.15) is 11.3 Å². The molecule has 0 spiro atoms. The van der Waals surface area contributed by atoms with Crippen molar-refractivity contribution in [2.75, 3.05) is 23.3 Å². The van der Waals surface area contributed by atoms with Gasteiger partial charge in [0.05, 0.1) is 29.2 Å². The lowest BCUT2D eigenvalue weighted by Gasteiger charge is -2.35. The molecule has 0 saturated carbocycles. The molecule has 2 amide bonds. The summed E-state index contributed by atoms with van der Waals surface area (Å²) in [7, 11) is 0. The van der Waals surface area contributed by atoms with E-state index < -0.39 is 35.9 Å². The number of aliphatic hydroxyl groups is 1. The number of rotatable bonds is 5. The lowest BCUT2D eigenvalue weighted by Crippen LogP contribution is -2.51. The van der Waals surface area contributed by atoms with Crippen molar-refractivity contribution in [3.05, 3.63) is 46.7 Å². The molecule has 2 aromatic heterocycles. The van der Waals surface area contributed by atoms with Crippen LogP contribution in [0, 0.1) is 12.7 Å². The van der Waals surface area contributed by atoms with Crippen LogP contribution in [-0.4, -0.2) is 46.7 Å². The Morgan fingerprint density at radius 3 is 2.59 bits per heavy atom. The minimum atomic E-state index is -3.73. The van der Waals surface area contributed by atoms with E-state index in [9.17, 15) is 23.1 Å². The number of nitrogens with one attached hydrogen (secondary N) is 2. The smallest absolute Gasteiger partial charge is 0.322 e. The van der Waals surface area contributed by atoms with Gasteiger partial charge in [0.25, 0.3) is 6.43 Å². The summed E-state index contributed by atoms with van der Waals surface area (Å²) in [6.07, 6.45) is -1.80. The lowest BCUT2D eigenvalue weighted by atomic mass is 10.1. The van der Waals surface area contributed by atoms with Crippen LogP contribution in [0.4, 0.5) is 34.0 Å². The molecule has 1 aliphatic rings. The normalized spacial score (nSPS) is 16.2. The Balaban J connectivity index is 1.55. The molecule has 1 aliphatic heterocycles. The topological polar surface area (TPSA) is 104 Å². The van der Waals surface area contributed by atoms with Crippen molar-refractivity contribution in [2.45, 2.75) is 25.2 Å². The minimum Gasteiger partial charge on any atom is -0.453 e. The van der Waals surface area contributed by atoms with Gasteiger partial charge in [-0.3, -0.25) is 5.32 Å². The van der Waals surface area contributed by atoms with Gasteiger partial charge in [0.2, 0.25) is 5.95 Å². The van der Waals surface area contributed by atoms with Crippen molar-refractivity contribution in [2.24, 2.45) is 0 Å². The van der Waals surface area contributed by atoms with Crippen molar-refractivity contribution >= 4 is 40.2 Å². The number of hydrogen-bond donors (Lipinski definition) is 3. The van der Waals surface area contributed by atoms with Crippen LogP contribution >= 0.6 is 11.6 Å². The lowest BCUT2D eigenvalue weighted by molar-refractivity contribution is -0.0663. The van der Waals surface area contributed by atoms with Crippen LogP contribution < -0.4 is 15.5 Å². The second-order valence-corrected chi connectivity index (χ2v) is 7.65. The first kappa shape index (κ1) is 22.1. The number of halogens is 5. The summed E-state index contributed by atoms with van der Waals surface area (Å²) in [6, 6.07) is 0.537. The Morgan fingerprint density at radius 2 is 2.00 bits per heavy atom. The van der Waals surface area contributed by atoms with E-state index in [2.05, 4.69) is 15.3 Å². The highest BCUT2D eigenvalue weighted by Gasteiger charge is 2.49. The van der Waals surface area contributed by atoms with Crippen molar-refractivity contribution in [3.8, 4) is 0 Å².